The van der Waals surface area contributed by atoms with Crippen molar-refractivity contribution in [3.63, 3.8) is 0 Å². The van der Waals surface area contributed by atoms with Crippen LogP contribution in [0.2, 0.25) is 0 Å². The van der Waals surface area contributed by atoms with Crippen LogP contribution in [0.5, 0.6) is 0 Å². The molecule has 1 atom stereocenters. The Balaban J connectivity index is 1.44. The molecule has 0 spiro atoms. The van der Waals surface area contributed by atoms with E-state index >= 15 is 0 Å². The molecule has 0 radical (unpaired) electrons. The number of nitrogens with one attached hydrogen (secondary N) is 1. The summed E-state index contributed by atoms with van der Waals surface area (Å²) in [6.07, 6.45) is -1.58. The summed E-state index contributed by atoms with van der Waals surface area (Å²) in [5, 5.41) is 2.96. The monoisotopic (exact) mass is 501 g/mol. The van der Waals surface area contributed by atoms with E-state index in [1.165, 1.54) is 12.1 Å². The van der Waals surface area contributed by atoms with Gasteiger partial charge in [0.05, 0.1) is 5.56 Å². The van der Waals surface area contributed by atoms with E-state index < -0.39 is 17.8 Å². The molecule has 0 saturated carbocycles. The summed E-state index contributed by atoms with van der Waals surface area (Å²) < 4.78 is 38.5. The molecule has 3 amide bonds. The van der Waals surface area contributed by atoms with Crippen LogP contribution in [-0.4, -0.2) is 59.7 Å². The van der Waals surface area contributed by atoms with Crippen LogP contribution in [0.4, 0.5) is 13.2 Å². The molecule has 2 aliphatic rings. The molecule has 9 heteroatoms. The van der Waals surface area contributed by atoms with Crippen LogP contribution in [0.15, 0.2) is 48.5 Å². The summed E-state index contributed by atoms with van der Waals surface area (Å²) >= 11 is 0. The molecular formula is C27H30F3N3O3. The van der Waals surface area contributed by atoms with Gasteiger partial charge >= 0.3 is 6.18 Å². The normalized spacial score (nSPS) is 17.7. The Morgan fingerprint density at radius 2 is 1.53 bits per heavy atom. The predicted molar refractivity (Wildman–Crippen MR) is 128 cm³/mol. The number of piperidine rings is 1. The van der Waals surface area contributed by atoms with Crippen LogP contribution in [-0.2, 0) is 11.0 Å². The first-order valence-corrected chi connectivity index (χ1v) is 12.3. The van der Waals surface area contributed by atoms with Gasteiger partial charge in [-0.3, -0.25) is 14.4 Å². The number of hydrogen-bond acceptors (Lipinski definition) is 3. The fourth-order valence-corrected chi connectivity index (χ4v) is 4.95. The Hall–Kier alpha value is -3.36. The Bertz CT molecular complexity index is 1100. The minimum Gasteiger partial charge on any atom is -0.341 e. The van der Waals surface area contributed by atoms with Crippen molar-refractivity contribution in [1.82, 2.24) is 15.1 Å². The lowest BCUT2D eigenvalue weighted by Crippen LogP contribution is -2.54. The van der Waals surface area contributed by atoms with E-state index in [-0.39, 0.29) is 29.2 Å². The first-order chi connectivity index (χ1) is 17.1. The summed E-state index contributed by atoms with van der Waals surface area (Å²) in [6, 6.07) is 10.7. The lowest BCUT2D eigenvalue weighted by Gasteiger charge is -2.37. The van der Waals surface area contributed by atoms with Crippen LogP contribution in [0.25, 0.3) is 0 Å². The van der Waals surface area contributed by atoms with E-state index in [0.717, 1.165) is 30.5 Å². The third-order valence-electron chi connectivity index (χ3n) is 7.01. The van der Waals surface area contributed by atoms with Crippen molar-refractivity contribution in [2.24, 2.45) is 5.92 Å². The molecular weight excluding hydrogens is 471 g/mol. The minimum absolute atomic E-state index is 0.0963. The second-order valence-electron chi connectivity index (χ2n) is 9.56. The van der Waals surface area contributed by atoms with E-state index in [1.807, 2.05) is 13.0 Å². The van der Waals surface area contributed by atoms with Crippen molar-refractivity contribution in [3.8, 4) is 0 Å². The topological polar surface area (TPSA) is 69.7 Å². The van der Waals surface area contributed by atoms with Crippen LogP contribution in [0.1, 0.15) is 57.5 Å². The number of aryl methyl sites for hydroxylation is 1. The quantitative estimate of drug-likeness (QED) is 0.665. The Labute approximate surface area is 208 Å². The number of carbonyl (C=O) groups is 3. The standard InChI is InChI=1S/C27H30F3N3O3/c1-18-5-4-6-21(17-18)24(34)31-23(26(36)32-13-2-3-14-32)19-11-15-33(16-12-19)25(35)20-7-9-22(10-8-20)27(28,29)30/h4-10,17,19,23H,2-3,11-16H2,1H3,(H,31,34)/t23-/m0/s1. The summed E-state index contributed by atoms with van der Waals surface area (Å²) in [5.41, 5.74) is 0.827. The van der Waals surface area contributed by atoms with Crippen molar-refractivity contribution < 1.29 is 27.6 Å². The first-order valence-electron chi connectivity index (χ1n) is 12.3. The fourth-order valence-electron chi connectivity index (χ4n) is 4.95. The maximum atomic E-state index is 13.4. The van der Waals surface area contributed by atoms with E-state index in [4.69, 9.17) is 0 Å². The molecule has 6 nitrogen and oxygen atoms in total. The Kier molecular flexibility index (Phi) is 7.66. The highest BCUT2D eigenvalue weighted by atomic mass is 19.4. The van der Waals surface area contributed by atoms with Crippen LogP contribution in [0.3, 0.4) is 0 Å². The molecule has 192 valence electrons. The number of halogens is 3. The predicted octanol–water partition coefficient (Wildman–Crippen LogP) is 4.29. The first kappa shape index (κ1) is 25.7. The Morgan fingerprint density at radius 1 is 0.889 bits per heavy atom. The van der Waals surface area contributed by atoms with Gasteiger partial charge in [-0.2, -0.15) is 13.2 Å². The summed E-state index contributed by atoms with van der Waals surface area (Å²) in [4.78, 5) is 42.6. The highest BCUT2D eigenvalue weighted by Gasteiger charge is 2.37. The Morgan fingerprint density at radius 3 is 2.11 bits per heavy atom. The molecule has 2 aliphatic heterocycles. The second-order valence-corrected chi connectivity index (χ2v) is 9.56. The number of carbonyl (C=O) groups excluding carboxylic acids is 3. The van der Waals surface area contributed by atoms with Gasteiger partial charge in [-0.1, -0.05) is 17.7 Å². The number of benzene rings is 2. The number of alkyl halides is 3. The van der Waals surface area contributed by atoms with Gasteiger partial charge in [-0.25, -0.2) is 0 Å². The van der Waals surface area contributed by atoms with Gasteiger partial charge in [0.15, 0.2) is 0 Å². The molecule has 2 heterocycles. The van der Waals surface area contributed by atoms with Crippen LogP contribution in [0, 0.1) is 12.8 Å². The second kappa shape index (κ2) is 10.7. The molecule has 0 bridgehead atoms. The number of rotatable bonds is 5. The zero-order valence-electron chi connectivity index (χ0n) is 20.2. The summed E-state index contributed by atoms with van der Waals surface area (Å²) in [5.74, 6) is -0.891. The fraction of sp³-hybridized carbons (Fsp3) is 0.444. The zero-order chi connectivity index (χ0) is 25.9. The van der Waals surface area contributed by atoms with Crippen LogP contribution < -0.4 is 5.32 Å². The SMILES string of the molecule is Cc1cccc(C(=O)N[C@H](C(=O)N2CCCC2)C2CCN(C(=O)c3ccc(C(F)(F)F)cc3)CC2)c1. The zero-order valence-corrected chi connectivity index (χ0v) is 20.2. The maximum Gasteiger partial charge on any atom is 0.416 e. The van der Waals surface area contributed by atoms with Gasteiger partial charge in [0.2, 0.25) is 5.91 Å². The molecule has 2 aromatic rings. The molecule has 2 saturated heterocycles. The minimum atomic E-state index is -4.46. The average Bonchev–Trinajstić information content (AvgIpc) is 3.41. The maximum absolute atomic E-state index is 13.4. The van der Waals surface area contributed by atoms with Gasteiger partial charge in [0, 0.05) is 37.3 Å². The van der Waals surface area contributed by atoms with Gasteiger partial charge in [-0.15, -0.1) is 0 Å². The van der Waals surface area contributed by atoms with E-state index in [1.54, 1.807) is 28.0 Å². The highest BCUT2D eigenvalue weighted by Crippen LogP contribution is 2.30. The molecule has 4 rings (SSSR count). The van der Waals surface area contributed by atoms with E-state index in [9.17, 15) is 27.6 Å². The molecule has 1 N–H and O–H groups in total. The number of nitrogens with zero attached hydrogens (tertiary/aromatic N) is 2. The van der Waals surface area contributed by atoms with Gasteiger partial charge in [-0.05, 0) is 74.9 Å². The number of likely N-dealkylation sites (tertiary alicyclic amines) is 2. The molecule has 0 unspecified atom stereocenters. The van der Waals surface area contributed by atoms with Crippen molar-refractivity contribution in [2.45, 2.75) is 44.8 Å². The number of hydrogen-bond donors (Lipinski definition) is 1. The van der Waals surface area contributed by atoms with Crippen molar-refractivity contribution in [3.05, 3.63) is 70.8 Å². The van der Waals surface area contributed by atoms with Crippen LogP contribution >= 0.6 is 0 Å². The molecule has 0 aromatic heterocycles. The third kappa shape index (κ3) is 5.88. The van der Waals surface area contributed by atoms with Gasteiger partial charge in [0.25, 0.3) is 11.8 Å². The van der Waals surface area contributed by atoms with E-state index in [0.29, 0.717) is 44.6 Å². The van der Waals surface area contributed by atoms with Gasteiger partial charge < -0.3 is 15.1 Å². The van der Waals surface area contributed by atoms with E-state index in [2.05, 4.69) is 5.32 Å². The molecule has 36 heavy (non-hydrogen) atoms. The lowest BCUT2D eigenvalue weighted by molar-refractivity contribution is -0.137. The molecule has 2 fully saturated rings. The van der Waals surface area contributed by atoms with Gasteiger partial charge in [0.1, 0.15) is 6.04 Å². The number of amides is 3. The molecule has 2 aromatic carbocycles. The summed E-state index contributed by atoms with van der Waals surface area (Å²) in [7, 11) is 0. The highest BCUT2D eigenvalue weighted by molar-refractivity contribution is 5.98. The van der Waals surface area contributed by atoms with Crippen molar-refractivity contribution in [2.75, 3.05) is 26.2 Å². The smallest absolute Gasteiger partial charge is 0.341 e. The third-order valence-corrected chi connectivity index (χ3v) is 7.01. The van der Waals surface area contributed by atoms with Crippen molar-refractivity contribution >= 4 is 17.7 Å². The lowest BCUT2D eigenvalue weighted by atomic mass is 9.88. The molecule has 0 aliphatic carbocycles. The summed E-state index contributed by atoms with van der Waals surface area (Å²) in [6.45, 7) is 3.94. The average molecular weight is 502 g/mol. The largest absolute Gasteiger partial charge is 0.416 e. The van der Waals surface area contributed by atoms with Crippen molar-refractivity contribution in [1.29, 1.82) is 0 Å².